The van der Waals surface area contributed by atoms with Gasteiger partial charge in [-0.2, -0.15) is 4.72 Å². The van der Waals surface area contributed by atoms with Crippen LogP contribution >= 0.6 is 0 Å². The zero-order valence-corrected chi connectivity index (χ0v) is 11.9. The molecule has 1 rings (SSSR count). The average Bonchev–Trinajstić information content (AvgIpc) is 2.29. The first-order valence-corrected chi connectivity index (χ1v) is 8.25. The van der Waals surface area contributed by atoms with Crippen LogP contribution in [-0.2, 0) is 14.8 Å². The lowest BCUT2D eigenvalue weighted by Gasteiger charge is -2.36. The molecule has 1 aliphatic rings. The number of carboxylic acids is 1. The fourth-order valence-electron chi connectivity index (χ4n) is 2.56. The monoisotopic (exact) mass is 277 g/mol. The second-order valence-corrected chi connectivity index (χ2v) is 7.00. The summed E-state index contributed by atoms with van der Waals surface area (Å²) in [6.07, 6.45) is 3.85. The van der Waals surface area contributed by atoms with Crippen LogP contribution in [0.15, 0.2) is 0 Å². The van der Waals surface area contributed by atoms with Gasteiger partial charge in [-0.3, -0.25) is 4.79 Å². The molecule has 0 aromatic rings. The molecule has 1 fully saturated rings. The van der Waals surface area contributed by atoms with E-state index in [0.717, 1.165) is 19.3 Å². The van der Waals surface area contributed by atoms with Crippen molar-refractivity contribution < 1.29 is 18.3 Å². The SMILES string of the molecule is CCCS(=O)(=O)NC1(C(=O)O)CCC(CC)CC1. The van der Waals surface area contributed by atoms with E-state index in [9.17, 15) is 18.3 Å². The molecular formula is C12H23NO4S. The van der Waals surface area contributed by atoms with Gasteiger partial charge in [0.05, 0.1) is 5.75 Å². The summed E-state index contributed by atoms with van der Waals surface area (Å²) < 4.78 is 26.0. The van der Waals surface area contributed by atoms with E-state index < -0.39 is 21.5 Å². The Kier molecular flexibility index (Phi) is 5.16. The molecule has 2 N–H and O–H groups in total. The van der Waals surface area contributed by atoms with E-state index in [2.05, 4.69) is 11.6 Å². The number of hydrogen-bond donors (Lipinski definition) is 2. The number of carboxylic acid groups (broad SMARTS) is 1. The number of sulfonamides is 1. The van der Waals surface area contributed by atoms with E-state index in [1.165, 1.54) is 0 Å². The molecule has 0 radical (unpaired) electrons. The van der Waals surface area contributed by atoms with Crippen molar-refractivity contribution in [1.82, 2.24) is 4.72 Å². The summed E-state index contributed by atoms with van der Waals surface area (Å²) in [5, 5.41) is 9.35. The highest BCUT2D eigenvalue weighted by Crippen LogP contribution is 2.34. The molecule has 0 saturated heterocycles. The maximum atomic E-state index is 11.8. The number of hydrogen-bond acceptors (Lipinski definition) is 3. The molecule has 0 heterocycles. The van der Waals surface area contributed by atoms with Crippen LogP contribution in [0.2, 0.25) is 0 Å². The Morgan fingerprint density at radius 1 is 1.33 bits per heavy atom. The molecule has 0 aliphatic heterocycles. The summed E-state index contributed by atoms with van der Waals surface area (Å²) in [7, 11) is -3.49. The molecule has 0 spiro atoms. The van der Waals surface area contributed by atoms with Gasteiger partial charge >= 0.3 is 5.97 Å². The second kappa shape index (κ2) is 6.02. The highest BCUT2D eigenvalue weighted by Gasteiger charge is 2.44. The molecule has 0 atom stereocenters. The maximum Gasteiger partial charge on any atom is 0.324 e. The normalized spacial score (nSPS) is 29.1. The van der Waals surface area contributed by atoms with Crippen molar-refractivity contribution in [3.63, 3.8) is 0 Å². The van der Waals surface area contributed by atoms with Gasteiger partial charge in [-0.25, -0.2) is 8.42 Å². The standard InChI is InChI=1S/C12H23NO4S/c1-3-9-18(16,17)13-12(11(14)15)7-5-10(4-2)6-8-12/h10,13H,3-9H2,1-2H3,(H,14,15). The van der Waals surface area contributed by atoms with Gasteiger partial charge in [0.2, 0.25) is 10.0 Å². The van der Waals surface area contributed by atoms with E-state index in [4.69, 9.17) is 0 Å². The Morgan fingerprint density at radius 2 is 1.89 bits per heavy atom. The summed E-state index contributed by atoms with van der Waals surface area (Å²) in [5.74, 6) is -0.538. The van der Waals surface area contributed by atoms with Gasteiger partial charge in [0.25, 0.3) is 0 Å². The minimum Gasteiger partial charge on any atom is -0.480 e. The fourth-order valence-corrected chi connectivity index (χ4v) is 4.08. The molecule has 0 aromatic carbocycles. The summed E-state index contributed by atoms with van der Waals surface area (Å²) >= 11 is 0. The Bertz CT molecular complexity index is 383. The van der Waals surface area contributed by atoms with Crippen molar-refractivity contribution in [2.24, 2.45) is 5.92 Å². The molecule has 5 nitrogen and oxygen atoms in total. The van der Waals surface area contributed by atoms with Gasteiger partial charge in [0, 0.05) is 0 Å². The van der Waals surface area contributed by atoms with E-state index in [1.54, 1.807) is 6.92 Å². The molecule has 0 bridgehead atoms. The lowest BCUT2D eigenvalue weighted by atomic mass is 9.76. The third-order valence-corrected chi connectivity index (χ3v) is 5.42. The topological polar surface area (TPSA) is 83.5 Å². The summed E-state index contributed by atoms with van der Waals surface area (Å²) in [5.41, 5.74) is -1.28. The van der Waals surface area contributed by atoms with Gasteiger partial charge in [0.15, 0.2) is 0 Å². The van der Waals surface area contributed by atoms with E-state index in [0.29, 0.717) is 25.2 Å². The Hall–Kier alpha value is -0.620. The molecule has 106 valence electrons. The molecule has 0 amide bonds. The van der Waals surface area contributed by atoms with Crippen molar-refractivity contribution in [3.8, 4) is 0 Å². The molecule has 1 aliphatic carbocycles. The minimum absolute atomic E-state index is 0.0146. The number of aliphatic carboxylic acids is 1. The summed E-state index contributed by atoms with van der Waals surface area (Å²) in [4.78, 5) is 11.4. The lowest BCUT2D eigenvalue weighted by Crippen LogP contribution is -2.56. The molecule has 18 heavy (non-hydrogen) atoms. The number of rotatable bonds is 6. The summed E-state index contributed by atoms with van der Waals surface area (Å²) in [6.45, 7) is 3.85. The van der Waals surface area contributed by atoms with Gasteiger partial charge in [-0.15, -0.1) is 0 Å². The highest BCUT2D eigenvalue weighted by molar-refractivity contribution is 7.89. The van der Waals surface area contributed by atoms with Gasteiger partial charge in [-0.1, -0.05) is 20.3 Å². The maximum absolute atomic E-state index is 11.8. The molecule has 0 unspecified atom stereocenters. The lowest BCUT2D eigenvalue weighted by molar-refractivity contribution is -0.145. The summed E-state index contributed by atoms with van der Waals surface area (Å²) in [6, 6.07) is 0. The van der Waals surface area contributed by atoms with Crippen LogP contribution in [0.5, 0.6) is 0 Å². The van der Waals surface area contributed by atoms with Gasteiger partial charge < -0.3 is 5.11 Å². The number of nitrogens with one attached hydrogen (secondary N) is 1. The van der Waals surface area contributed by atoms with E-state index in [-0.39, 0.29) is 5.75 Å². The largest absolute Gasteiger partial charge is 0.480 e. The van der Waals surface area contributed by atoms with Crippen molar-refractivity contribution in [2.45, 2.75) is 57.9 Å². The van der Waals surface area contributed by atoms with E-state index in [1.807, 2.05) is 0 Å². The van der Waals surface area contributed by atoms with Crippen LogP contribution in [0.25, 0.3) is 0 Å². The quantitative estimate of drug-likeness (QED) is 0.774. The van der Waals surface area contributed by atoms with Crippen LogP contribution in [0.4, 0.5) is 0 Å². The van der Waals surface area contributed by atoms with Crippen LogP contribution in [0, 0.1) is 5.92 Å². The third-order valence-electron chi connectivity index (χ3n) is 3.77. The van der Waals surface area contributed by atoms with Crippen LogP contribution < -0.4 is 4.72 Å². The second-order valence-electron chi connectivity index (χ2n) is 5.16. The van der Waals surface area contributed by atoms with Crippen LogP contribution in [-0.4, -0.2) is 30.8 Å². The van der Waals surface area contributed by atoms with Crippen LogP contribution in [0.3, 0.4) is 0 Å². The molecule has 1 saturated carbocycles. The van der Waals surface area contributed by atoms with E-state index >= 15 is 0 Å². The highest BCUT2D eigenvalue weighted by atomic mass is 32.2. The predicted octanol–water partition coefficient (Wildman–Crippen LogP) is 1.74. The minimum atomic E-state index is -3.49. The first kappa shape index (κ1) is 15.4. The first-order chi connectivity index (χ1) is 8.35. The van der Waals surface area contributed by atoms with Crippen molar-refractivity contribution in [2.75, 3.05) is 5.75 Å². The van der Waals surface area contributed by atoms with Gasteiger partial charge in [0.1, 0.15) is 5.54 Å². The Balaban J connectivity index is 2.81. The van der Waals surface area contributed by atoms with Crippen LogP contribution in [0.1, 0.15) is 52.4 Å². The smallest absolute Gasteiger partial charge is 0.324 e. The number of carbonyl (C=O) groups is 1. The zero-order valence-electron chi connectivity index (χ0n) is 11.1. The molecular weight excluding hydrogens is 254 g/mol. The molecule has 6 heteroatoms. The Labute approximate surface area is 109 Å². The predicted molar refractivity (Wildman–Crippen MR) is 69.8 cm³/mol. The third kappa shape index (κ3) is 3.68. The fraction of sp³-hybridized carbons (Fsp3) is 0.917. The van der Waals surface area contributed by atoms with Crippen molar-refractivity contribution in [3.05, 3.63) is 0 Å². The molecule has 0 aromatic heterocycles. The van der Waals surface area contributed by atoms with Crippen molar-refractivity contribution >= 4 is 16.0 Å². The average molecular weight is 277 g/mol. The zero-order chi connectivity index (χ0) is 13.8. The van der Waals surface area contributed by atoms with Crippen molar-refractivity contribution in [1.29, 1.82) is 0 Å². The van der Waals surface area contributed by atoms with Gasteiger partial charge in [-0.05, 0) is 38.0 Å². The first-order valence-electron chi connectivity index (χ1n) is 6.60. The Morgan fingerprint density at radius 3 is 2.28 bits per heavy atom.